The maximum Gasteiger partial charge on any atom is 0.0626 e. The Morgan fingerprint density at radius 1 is 0.882 bits per heavy atom. The van der Waals surface area contributed by atoms with E-state index in [1.165, 1.54) is 11.1 Å². The zero-order valence-electron chi connectivity index (χ0n) is 9.58. The smallest absolute Gasteiger partial charge is 0.0626 e. The van der Waals surface area contributed by atoms with Gasteiger partial charge >= 0.3 is 0 Å². The average molecular weight is 225 g/mol. The van der Waals surface area contributed by atoms with E-state index in [0.29, 0.717) is 6.54 Å². The number of nitrogens with zero attached hydrogens (tertiary/aromatic N) is 1. The molecular weight excluding hydrogens is 210 g/mol. The van der Waals surface area contributed by atoms with Crippen LogP contribution < -0.4 is 0 Å². The number of rotatable bonds is 4. The summed E-state index contributed by atoms with van der Waals surface area (Å²) in [5.74, 6) is 0. The highest BCUT2D eigenvalue weighted by Crippen LogP contribution is 2.18. The van der Waals surface area contributed by atoms with Crippen molar-refractivity contribution in [2.45, 2.75) is 0 Å². The first-order valence-corrected chi connectivity index (χ1v) is 5.66. The van der Waals surface area contributed by atoms with Crippen LogP contribution in [0.1, 0.15) is 5.56 Å². The molecule has 2 rings (SSSR count). The molecule has 0 aliphatic rings. The van der Waals surface area contributed by atoms with E-state index >= 15 is 0 Å². The van der Waals surface area contributed by atoms with Crippen molar-refractivity contribution in [3.8, 4) is 11.1 Å². The van der Waals surface area contributed by atoms with Crippen LogP contribution in [0.25, 0.3) is 11.1 Å². The Morgan fingerprint density at radius 2 is 1.53 bits per heavy atom. The normalized spacial score (nSPS) is 10.9. The van der Waals surface area contributed by atoms with Gasteiger partial charge in [-0.15, -0.1) is 0 Å². The van der Waals surface area contributed by atoms with Gasteiger partial charge in [-0.2, -0.15) is 0 Å². The van der Waals surface area contributed by atoms with Crippen molar-refractivity contribution < 1.29 is 5.11 Å². The summed E-state index contributed by atoms with van der Waals surface area (Å²) < 4.78 is 0. The van der Waals surface area contributed by atoms with Crippen molar-refractivity contribution in [3.05, 3.63) is 60.2 Å². The van der Waals surface area contributed by atoms with Crippen LogP contribution in [0.4, 0.5) is 0 Å². The highest BCUT2D eigenvalue weighted by Gasteiger charge is 1.95. The molecule has 1 N–H and O–H groups in total. The van der Waals surface area contributed by atoms with E-state index in [2.05, 4.69) is 29.3 Å². The maximum absolute atomic E-state index is 8.62. The van der Waals surface area contributed by atoms with Crippen molar-refractivity contribution in [1.82, 2.24) is 0 Å². The van der Waals surface area contributed by atoms with Gasteiger partial charge in [0.1, 0.15) is 0 Å². The Hall–Kier alpha value is -1.93. The molecule has 2 aromatic carbocycles. The molecule has 0 saturated carbocycles. The Bertz CT molecular complexity index is 474. The van der Waals surface area contributed by atoms with E-state index < -0.39 is 0 Å². The van der Waals surface area contributed by atoms with Gasteiger partial charge in [0.2, 0.25) is 0 Å². The van der Waals surface area contributed by atoms with Crippen LogP contribution in [-0.2, 0) is 0 Å². The first-order valence-electron chi connectivity index (χ1n) is 5.66. The molecule has 2 aromatic rings. The summed E-state index contributed by atoms with van der Waals surface area (Å²) in [6, 6.07) is 18.5. The topological polar surface area (TPSA) is 32.6 Å². The predicted octanol–water partition coefficient (Wildman–Crippen LogP) is 2.76. The van der Waals surface area contributed by atoms with Crippen molar-refractivity contribution in [2.24, 2.45) is 4.99 Å². The quantitative estimate of drug-likeness (QED) is 0.797. The zero-order valence-corrected chi connectivity index (χ0v) is 9.58. The minimum atomic E-state index is 0.0958. The maximum atomic E-state index is 8.62. The molecule has 0 amide bonds. The first-order chi connectivity index (χ1) is 8.40. The van der Waals surface area contributed by atoms with Crippen molar-refractivity contribution in [1.29, 1.82) is 0 Å². The molecule has 0 atom stereocenters. The summed E-state index contributed by atoms with van der Waals surface area (Å²) in [6.45, 7) is 0.555. The standard InChI is InChI=1S/C15H15NO/c17-11-10-16-12-13-6-8-15(9-7-13)14-4-2-1-3-5-14/h1-9,12,17H,10-11H2. The van der Waals surface area contributed by atoms with Crippen LogP contribution in [0.2, 0.25) is 0 Å². The summed E-state index contributed by atoms with van der Waals surface area (Å²) in [7, 11) is 0. The molecule has 0 saturated heterocycles. The Kier molecular flexibility index (Phi) is 4.05. The number of aliphatic imine (C=N–C) groups is 1. The lowest BCUT2D eigenvalue weighted by Crippen LogP contribution is -1.89. The van der Waals surface area contributed by atoms with Gasteiger partial charge < -0.3 is 5.11 Å². The molecule has 2 nitrogen and oxygen atoms in total. The molecule has 0 radical (unpaired) electrons. The lowest BCUT2D eigenvalue weighted by Gasteiger charge is -2.01. The number of aliphatic hydroxyl groups is 1. The minimum Gasteiger partial charge on any atom is -0.394 e. The number of aliphatic hydroxyl groups excluding tert-OH is 1. The molecule has 0 aliphatic heterocycles. The number of hydrogen-bond acceptors (Lipinski definition) is 2. The van der Waals surface area contributed by atoms with Gasteiger partial charge in [-0.3, -0.25) is 4.99 Å². The Balaban J connectivity index is 2.13. The third-order valence-corrected chi connectivity index (χ3v) is 2.49. The Labute approximate surface area is 101 Å². The number of benzene rings is 2. The molecule has 0 unspecified atom stereocenters. The summed E-state index contributed by atoms with van der Waals surface area (Å²) in [6.07, 6.45) is 1.78. The summed E-state index contributed by atoms with van der Waals surface area (Å²) in [4.78, 5) is 4.09. The van der Waals surface area contributed by atoms with E-state index in [1.807, 2.05) is 30.3 Å². The van der Waals surface area contributed by atoms with E-state index in [0.717, 1.165) is 5.56 Å². The molecule has 2 heteroatoms. The van der Waals surface area contributed by atoms with E-state index in [1.54, 1.807) is 6.21 Å². The molecular formula is C15H15NO. The second-order valence-corrected chi connectivity index (χ2v) is 3.75. The van der Waals surface area contributed by atoms with Crippen LogP contribution in [0.3, 0.4) is 0 Å². The van der Waals surface area contributed by atoms with Gasteiger partial charge in [0, 0.05) is 6.21 Å². The van der Waals surface area contributed by atoms with Crippen LogP contribution in [-0.4, -0.2) is 24.5 Å². The highest BCUT2D eigenvalue weighted by molar-refractivity contribution is 5.81. The van der Waals surface area contributed by atoms with Crippen LogP contribution >= 0.6 is 0 Å². The molecule has 0 bridgehead atoms. The zero-order chi connectivity index (χ0) is 11.9. The molecule has 0 heterocycles. The first kappa shape index (κ1) is 11.6. The molecule has 0 aliphatic carbocycles. The SMILES string of the molecule is OCCN=Cc1ccc(-c2ccccc2)cc1. The van der Waals surface area contributed by atoms with Crippen LogP contribution in [0.15, 0.2) is 59.6 Å². The van der Waals surface area contributed by atoms with E-state index in [4.69, 9.17) is 5.11 Å². The highest BCUT2D eigenvalue weighted by atomic mass is 16.3. The minimum absolute atomic E-state index is 0.0958. The molecule has 17 heavy (non-hydrogen) atoms. The van der Waals surface area contributed by atoms with Crippen LogP contribution in [0.5, 0.6) is 0 Å². The Morgan fingerprint density at radius 3 is 2.18 bits per heavy atom. The number of hydrogen-bond donors (Lipinski definition) is 1. The monoisotopic (exact) mass is 225 g/mol. The van der Waals surface area contributed by atoms with Gasteiger partial charge in [-0.05, 0) is 16.7 Å². The summed E-state index contributed by atoms with van der Waals surface area (Å²) in [5.41, 5.74) is 3.47. The van der Waals surface area contributed by atoms with Crippen molar-refractivity contribution in [3.63, 3.8) is 0 Å². The van der Waals surface area contributed by atoms with Gasteiger partial charge in [0.25, 0.3) is 0 Å². The third kappa shape index (κ3) is 3.26. The second-order valence-electron chi connectivity index (χ2n) is 3.75. The van der Waals surface area contributed by atoms with Crippen molar-refractivity contribution >= 4 is 6.21 Å². The molecule has 0 aromatic heterocycles. The summed E-state index contributed by atoms with van der Waals surface area (Å²) in [5, 5.41) is 8.62. The van der Waals surface area contributed by atoms with Crippen LogP contribution in [0, 0.1) is 0 Å². The molecule has 0 fully saturated rings. The lowest BCUT2D eigenvalue weighted by atomic mass is 10.0. The fourth-order valence-electron chi connectivity index (χ4n) is 1.62. The van der Waals surface area contributed by atoms with Gasteiger partial charge in [0.15, 0.2) is 0 Å². The summed E-state index contributed by atoms with van der Waals surface area (Å²) >= 11 is 0. The fourth-order valence-corrected chi connectivity index (χ4v) is 1.62. The molecule has 86 valence electrons. The van der Waals surface area contributed by atoms with Crippen molar-refractivity contribution in [2.75, 3.05) is 13.2 Å². The largest absolute Gasteiger partial charge is 0.394 e. The second kappa shape index (κ2) is 5.97. The van der Waals surface area contributed by atoms with Gasteiger partial charge in [-0.25, -0.2) is 0 Å². The van der Waals surface area contributed by atoms with Gasteiger partial charge in [-0.1, -0.05) is 54.6 Å². The molecule has 0 spiro atoms. The average Bonchev–Trinajstić information content (AvgIpc) is 2.41. The van der Waals surface area contributed by atoms with E-state index in [-0.39, 0.29) is 6.61 Å². The van der Waals surface area contributed by atoms with E-state index in [9.17, 15) is 0 Å². The predicted molar refractivity (Wildman–Crippen MR) is 71.4 cm³/mol. The van der Waals surface area contributed by atoms with Gasteiger partial charge in [0.05, 0.1) is 13.2 Å². The lowest BCUT2D eigenvalue weighted by molar-refractivity contribution is 0.307. The third-order valence-electron chi connectivity index (χ3n) is 2.49. The fraction of sp³-hybridized carbons (Fsp3) is 0.133.